The number of amides is 2. The van der Waals surface area contributed by atoms with Crippen molar-refractivity contribution in [2.24, 2.45) is 5.73 Å². The molecule has 4 rings (SSSR count). The number of carboxylic acid groups (broad SMARTS) is 2. The Morgan fingerprint density at radius 1 is 1.23 bits per heavy atom. The number of hydrogen-bond donors (Lipinski definition) is 3. The van der Waals surface area contributed by atoms with Crippen molar-refractivity contribution in [2.75, 3.05) is 17.3 Å². The number of benzene rings is 1. The predicted octanol–water partition coefficient (Wildman–Crippen LogP) is 1.06. The number of pyridine rings is 1. The van der Waals surface area contributed by atoms with Crippen molar-refractivity contribution in [2.45, 2.75) is 46.6 Å². The van der Waals surface area contributed by atoms with Gasteiger partial charge in [-0.15, -0.1) is 35.3 Å². The Labute approximate surface area is 257 Å². The molecular formula is C26H27IN4O6S3. The normalized spacial score (nSPS) is 19.1. The zero-order valence-corrected chi connectivity index (χ0v) is 25.8. The Hall–Kier alpha value is -2.27. The van der Waals surface area contributed by atoms with Gasteiger partial charge in [-0.1, -0.05) is 6.07 Å². The highest BCUT2D eigenvalue weighted by molar-refractivity contribution is 14.1. The Kier molecular flexibility index (Phi) is 10.8. The fourth-order valence-electron chi connectivity index (χ4n) is 4.19. The number of rotatable bonds is 13. The quantitative estimate of drug-likeness (QED) is 0.119. The second kappa shape index (κ2) is 14.1. The minimum absolute atomic E-state index is 0.00441. The molecule has 2 aliphatic heterocycles. The van der Waals surface area contributed by atoms with Crippen LogP contribution in [0.3, 0.4) is 0 Å². The maximum atomic E-state index is 12.9. The van der Waals surface area contributed by atoms with E-state index in [2.05, 4.69) is 27.9 Å². The molecule has 14 heteroatoms. The summed E-state index contributed by atoms with van der Waals surface area (Å²) in [5.74, 6) is -2.09. The van der Waals surface area contributed by atoms with Gasteiger partial charge in [0, 0.05) is 49.5 Å². The first-order chi connectivity index (χ1) is 19.1. The molecule has 0 bridgehead atoms. The summed E-state index contributed by atoms with van der Waals surface area (Å²) in [5.41, 5.74) is 6.12. The van der Waals surface area contributed by atoms with Crippen LogP contribution in [0.5, 0.6) is 0 Å². The lowest BCUT2D eigenvalue weighted by Gasteiger charge is -2.49. The van der Waals surface area contributed by atoms with Crippen molar-refractivity contribution >= 4 is 81.6 Å². The number of β-lactam (4-membered cyclic amide) rings is 1. The van der Waals surface area contributed by atoms with Gasteiger partial charge in [0.2, 0.25) is 5.91 Å². The van der Waals surface area contributed by atoms with Crippen molar-refractivity contribution in [1.29, 1.82) is 0 Å². The van der Waals surface area contributed by atoms with Gasteiger partial charge in [-0.2, -0.15) is 0 Å². The van der Waals surface area contributed by atoms with Crippen LogP contribution in [-0.2, 0) is 25.7 Å². The highest BCUT2D eigenvalue weighted by Gasteiger charge is 2.54. The van der Waals surface area contributed by atoms with Gasteiger partial charge in [0.15, 0.2) is 12.4 Å². The number of hydrogen-bond acceptors (Lipinski definition) is 9. The third-order valence-corrected chi connectivity index (χ3v) is 10.3. The smallest absolute Gasteiger partial charge is 0.352 e. The van der Waals surface area contributed by atoms with Gasteiger partial charge in [-0.25, -0.2) is 9.36 Å². The summed E-state index contributed by atoms with van der Waals surface area (Å²) >= 11 is 6.51. The third kappa shape index (κ3) is 7.72. The summed E-state index contributed by atoms with van der Waals surface area (Å²) < 4.78 is 2.99. The zero-order chi connectivity index (χ0) is 28.8. The number of carbonyl (C=O) groups is 4. The van der Waals surface area contributed by atoms with E-state index in [-0.39, 0.29) is 17.4 Å². The van der Waals surface area contributed by atoms with Crippen molar-refractivity contribution in [1.82, 2.24) is 10.2 Å². The van der Waals surface area contributed by atoms with Gasteiger partial charge in [-0.05, 0) is 52.8 Å². The largest absolute Gasteiger partial charge is 0.548 e. The lowest BCUT2D eigenvalue weighted by molar-refractivity contribution is -0.697. The van der Waals surface area contributed by atoms with E-state index in [9.17, 15) is 29.4 Å². The number of nitrogens with two attached hydrogens (primary N) is 1. The van der Waals surface area contributed by atoms with E-state index in [1.165, 1.54) is 40.2 Å². The molecule has 0 spiro atoms. The van der Waals surface area contributed by atoms with Crippen LogP contribution in [0.25, 0.3) is 0 Å². The van der Waals surface area contributed by atoms with Gasteiger partial charge in [-0.3, -0.25) is 14.5 Å². The monoisotopic (exact) mass is 714 g/mol. The van der Waals surface area contributed by atoms with E-state index in [1.54, 1.807) is 0 Å². The molecule has 2 amide bonds. The Bertz CT molecular complexity index is 1330. The lowest BCUT2D eigenvalue weighted by atomic mass is 10.0. The molecule has 0 saturated carbocycles. The Morgan fingerprint density at radius 3 is 2.65 bits per heavy atom. The number of nitrogens with one attached hydrogen (secondary N) is 1. The van der Waals surface area contributed by atoms with E-state index in [0.29, 0.717) is 36.5 Å². The Morgan fingerprint density at radius 2 is 1.98 bits per heavy atom. The first kappa shape index (κ1) is 30.7. The van der Waals surface area contributed by atoms with Crippen LogP contribution in [-0.4, -0.2) is 68.5 Å². The minimum atomic E-state index is -1.26. The molecule has 1 fully saturated rings. The maximum absolute atomic E-state index is 12.9. The highest BCUT2D eigenvalue weighted by atomic mass is 127. The summed E-state index contributed by atoms with van der Waals surface area (Å²) in [5, 5.41) is 23.0. The van der Waals surface area contributed by atoms with E-state index >= 15 is 0 Å². The average Bonchev–Trinajstić information content (AvgIpc) is 2.93. The van der Waals surface area contributed by atoms with Crippen LogP contribution in [0.2, 0.25) is 0 Å². The van der Waals surface area contributed by atoms with E-state index in [4.69, 9.17) is 5.73 Å². The fraction of sp³-hybridized carbons (Fsp3) is 0.346. The lowest BCUT2D eigenvalue weighted by Crippen LogP contribution is -2.70. The summed E-state index contributed by atoms with van der Waals surface area (Å²) in [6, 6.07) is 9.85. The summed E-state index contributed by atoms with van der Waals surface area (Å²) in [4.78, 5) is 51.5. The van der Waals surface area contributed by atoms with E-state index in [0.717, 1.165) is 13.4 Å². The van der Waals surface area contributed by atoms with E-state index in [1.807, 2.05) is 53.4 Å². The summed E-state index contributed by atoms with van der Waals surface area (Å²) in [6.45, 7) is 0.608. The second-order valence-electron chi connectivity index (χ2n) is 9.09. The van der Waals surface area contributed by atoms with Crippen LogP contribution < -0.4 is 20.7 Å². The molecule has 212 valence electrons. The van der Waals surface area contributed by atoms with Crippen LogP contribution in [0.1, 0.15) is 12.8 Å². The summed E-state index contributed by atoms with van der Waals surface area (Å²) in [6.07, 6.45) is 4.65. The SMILES string of the molecule is N[C@H](CCC[n+]1ccc(SCC2=C(C(=O)O)N3C(=O)[C@@H](NC(=O)CSc4cccc(I)c4)[C@H]3SC2)cc1)C(=O)[O-]. The van der Waals surface area contributed by atoms with Gasteiger partial charge in [0.25, 0.3) is 5.91 Å². The van der Waals surface area contributed by atoms with Crippen LogP contribution >= 0.6 is 57.9 Å². The molecule has 40 heavy (non-hydrogen) atoms. The molecule has 1 aromatic heterocycles. The molecule has 3 atom stereocenters. The number of halogens is 1. The van der Waals surface area contributed by atoms with Gasteiger partial charge in [0.05, 0.1) is 11.7 Å². The number of thioether (sulfide) groups is 3. The number of aromatic nitrogens is 1. The maximum Gasteiger partial charge on any atom is 0.352 e. The first-order valence-electron chi connectivity index (χ1n) is 12.3. The summed E-state index contributed by atoms with van der Waals surface area (Å²) in [7, 11) is 0. The standard InChI is InChI=1S/C26H27IN4O6S3/c27-16-3-1-4-18(11-16)39-14-20(32)29-21-23(33)31-22(26(36)37)15(13-40-24(21)31)12-38-17-6-9-30(10-7-17)8-2-5-19(28)25(34)35/h1,3-4,6-7,9-11,19,21,24H,2,5,8,12-14,28H2,(H2-,29,32,34,35,36,37)/t19-,21-,24-/m1/s1. The number of carboxylic acids is 2. The van der Waals surface area contributed by atoms with Gasteiger partial charge >= 0.3 is 5.97 Å². The molecule has 0 unspecified atom stereocenters. The molecule has 3 heterocycles. The minimum Gasteiger partial charge on any atom is -0.548 e. The highest BCUT2D eigenvalue weighted by Crippen LogP contribution is 2.41. The van der Waals surface area contributed by atoms with Crippen molar-refractivity contribution in [3.8, 4) is 0 Å². The molecule has 0 aliphatic carbocycles. The molecule has 1 aromatic carbocycles. The fourth-order valence-corrected chi connectivity index (χ4v) is 8.08. The number of fused-ring (bicyclic) bond motifs is 1. The van der Waals surface area contributed by atoms with Crippen LogP contribution in [0.15, 0.2) is 69.9 Å². The molecule has 2 aliphatic rings. The number of aliphatic carboxylic acids is 2. The van der Waals surface area contributed by atoms with Crippen LogP contribution in [0.4, 0.5) is 0 Å². The molecule has 10 nitrogen and oxygen atoms in total. The topological polar surface area (TPSA) is 157 Å². The van der Waals surface area contributed by atoms with Crippen molar-refractivity contribution in [3.05, 3.63) is 63.6 Å². The van der Waals surface area contributed by atoms with Gasteiger partial charge < -0.3 is 26.1 Å². The number of nitrogens with zero attached hydrogens (tertiary/aromatic N) is 2. The molecule has 0 radical (unpaired) electrons. The van der Waals surface area contributed by atoms with Crippen LogP contribution in [0, 0.1) is 3.57 Å². The molecule has 2 aromatic rings. The average molecular weight is 715 g/mol. The first-order valence-corrected chi connectivity index (χ1v) is 16.4. The predicted molar refractivity (Wildman–Crippen MR) is 159 cm³/mol. The molecule has 1 saturated heterocycles. The zero-order valence-electron chi connectivity index (χ0n) is 21.2. The van der Waals surface area contributed by atoms with Crippen molar-refractivity contribution in [3.63, 3.8) is 0 Å². The Balaban J connectivity index is 1.30. The van der Waals surface area contributed by atoms with E-state index < -0.39 is 35.3 Å². The third-order valence-electron chi connectivity index (χ3n) is 6.24. The number of aryl methyl sites for hydroxylation is 1. The second-order valence-corrected chi connectivity index (χ2v) is 13.5. The molecular weight excluding hydrogens is 687 g/mol. The van der Waals surface area contributed by atoms with Crippen molar-refractivity contribution < 1.29 is 34.0 Å². The molecule has 4 N–H and O–H groups in total. The number of carbonyl (C=O) groups excluding carboxylic acids is 3. The van der Waals surface area contributed by atoms with Gasteiger partial charge in [0.1, 0.15) is 23.7 Å².